The van der Waals surface area contributed by atoms with Crippen LogP contribution in [-0.2, 0) is 12.6 Å². The molecule has 1 aliphatic heterocycles. The highest BCUT2D eigenvalue weighted by Gasteiger charge is 2.36. The summed E-state index contributed by atoms with van der Waals surface area (Å²) in [5.74, 6) is 0.226. The number of nitrogens with zero attached hydrogens (tertiary/aromatic N) is 2. The zero-order valence-corrected chi connectivity index (χ0v) is 17.5. The molecule has 2 unspecified atom stereocenters. The Balaban J connectivity index is 1.56. The summed E-state index contributed by atoms with van der Waals surface area (Å²) in [5.41, 5.74) is 3.08. The van der Waals surface area contributed by atoms with Crippen LogP contribution in [0.5, 0.6) is 0 Å². The van der Waals surface area contributed by atoms with Crippen LogP contribution >= 0.6 is 11.8 Å². The van der Waals surface area contributed by atoms with Crippen LogP contribution in [0, 0.1) is 5.92 Å². The molecule has 2 aliphatic rings. The van der Waals surface area contributed by atoms with E-state index in [4.69, 9.17) is 0 Å². The molecule has 0 radical (unpaired) electrons. The number of benzene rings is 2. The SMILES string of the molecule is CNc1ccc(-n2nc(C(F)(F)F)cc2C2=CC3Cc4ccccc4SC3C=C2)cc1. The van der Waals surface area contributed by atoms with Crippen molar-refractivity contribution in [3.63, 3.8) is 0 Å². The Morgan fingerprint density at radius 1 is 1.10 bits per heavy atom. The average molecular weight is 440 g/mol. The number of thioether (sulfide) groups is 1. The third-order valence-electron chi connectivity index (χ3n) is 5.67. The van der Waals surface area contributed by atoms with E-state index in [-0.39, 0.29) is 11.2 Å². The Kier molecular flexibility index (Phi) is 4.93. The van der Waals surface area contributed by atoms with Crippen molar-refractivity contribution >= 4 is 23.0 Å². The molecule has 2 aromatic carbocycles. The van der Waals surface area contributed by atoms with Crippen LogP contribution in [-0.4, -0.2) is 22.1 Å². The van der Waals surface area contributed by atoms with E-state index in [1.807, 2.05) is 42.1 Å². The lowest BCUT2D eigenvalue weighted by Gasteiger charge is -2.31. The van der Waals surface area contributed by atoms with Gasteiger partial charge in [0.2, 0.25) is 0 Å². The van der Waals surface area contributed by atoms with E-state index in [9.17, 15) is 13.2 Å². The highest BCUT2D eigenvalue weighted by Crippen LogP contribution is 2.43. The van der Waals surface area contributed by atoms with Crippen molar-refractivity contribution in [1.29, 1.82) is 0 Å². The van der Waals surface area contributed by atoms with Crippen LogP contribution in [0.3, 0.4) is 0 Å². The number of hydrogen-bond donors (Lipinski definition) is 1. The van der Waals surface area contributed by atoms with Gasteiger partial charge in [0.15, 0.2) is 5.69 Å². The number of fused-ring (bicyclic) bond motifs is 2. The summed E-state index contributed by atoms with van der Waals surface area (Å²) < 4.78 is 41.9. The highest BCUT2D eigenvalue weighted by atomic mass is 32.2. The molecule has 5 rings (SSSR count). The molecule has 7 heteroatoms. The number of rotatable bonds is 3. The fraction of sp³-hybridized carbons (Fsp3) is 0.208. The predicted molar refractivity (Wildman–Crippen MR) is 119 cm³/mol. The lowest BCUT2D eigenvalue weighted by atomic mass is 9.88. The Morgan fingerprint density at radius 2 is 1.87 bits per heavy atom. The van der Waals surface area contributed by atoms with Gasteiger partial charge in [0, 0.05) is 22.9 Å². The average Bonchev–Trinajstić information content (AvgIpc) is 3.23. The topological polar surface area (TPSA) is 29.9 Å². The minimum Gasteiger partial charge on any atom is -0.388 e. The molecule has 1 N–H and O–H groups in total. The maximum atomic E-state index is 13.5. The summed E-state index contributed by atoms with van der Waals surface area (Å²) in [7, 11) is 1.80. The first kappa shape index (κ1) is 20.0. The number of nitrogens with one attached hydrogen (secondary N) is 1. The van der Waals surface area contributed by atoms with Gasteiger partial charge in [0.25, 0.3) is 0 Å². The van der Waals surface area contributed by atoms with Gasteiger partial charge < -0.3 is 5.32 Å². The first-order valence-electron chi connectivity index (χ1n) is 10.0. The fourth-order valence-electron chi connectivity index (χ4n) is 4.07. The van der Waals surface area contributed by atoms with E-state index in [1.165, 1.54) is 15.1 Å². The first-order chi connectivity index (χ1) is 14.9. The van der Waals surface area contributed by atoms with Gasteiger partial charge in [0.05, 0.1) is 11.4 Å². The quantitative estimate of drug-likeness (QED) is 0.526. The molecule has 0 saturated heterocycles. The fourth-order valence-corrected chi connectivity index (χ4v) is 5.33. The Hall–Kier alpha value is -2.93. The molecule has 3 aromatic rings. The Morgan fingerprint density at radius 3 is 2.61 bits per heavy atom. The van der Waals surface area contributed by atoms with E-state index in [1.54, 1.807) is 19.2 Å². The van der Waals surface area contributed by atoms with Gasteiger partial charge in [-0.3, -0.25) is 0 Å². The van der Waals surface area contributed by atoms with Gasteiger partial charge in [-0.2, -0.15) is 18.3 Å². The van der Waals surface area contributed by atoms with Crippen molar-refractivity contribution in [3.8, 4) is 5.69 Å². The number of anilines is 1. The van der Waals surface area contributed by atoms with Crippen molar-refractivity contribution < 1.29 is 13.2 Å². The molecular weight excluding hydrogens is 419 g/mol. The number of aromatic nitrogens is 2. The lowest BCUT2D eigenvalue weighted by molar-refractivity contribution is -0.141. The van der Waals surface area contributed by atoms with Crippen molar-refractivity contribution in [2.24, 2.45) is 5.92 Å². The Labute approximate surface area is 182 Å². The summed E-state index contributed by atoms with van der Waals surface area (Å²) in [6.45, 7) is 0. The summed E-state index contributed by atoms with van der Waals surface area (Å²) in [6.07, 6.45) is 2.50. The van der Waals surface area contributed by atoms with Gasteiger partial charge in [-0.1, -0.05) is 36.4 Å². The zero-order chi connectivity index (χ0) is 21.6. The van der Waals surface area contributed by atoms with Gasteiger partial charge >= 0.3 is 6.18 Å². The second-order valence-electron chi connectivity index (χ2n) is 7.66. The smallest absolute Gasteiger partial charge is 0.388 e. The molecule has 2 heterocycles. The molecule has 0 saturated carbocycles. The van der Waals surface area contributed by atoms with E-state index < -0.39 is 11.9 Å². The number of hydrogen-bond acceptors (Lipinski definition) is 3. The van der Waals surface area contributed by atoms with Gasteiger partial charge in [0.1, 0.15) is 0 Å². The van der Waals surface area contributed by atoms with Crippen LogP contribution in [0.25, 0.3) is 11.3 Å². The van der Waals surface area contributed by atoms with Crippen LogP contribution in [0.2, 0.25) is 0 Å². The van der Waals surface area contributed by atoms with E-state index >= 15 is 0 Å². The summed E-state index contributed by atoms with van der Waals surface area (Å²) in [4.78, 5) is 1.28. The summed E-state index contributed by atoms with van der Waals surface area (Å²) in [5, 5.41) is 7.22. The maximum Gasteiger partial charge on any atom is 0.435 e. The minimum atomic E-state index is -4.51. The van der Waals surface area contributed by atoms with Crippen LogP contribution < -0.4 is 5.32 Å². The monoisotopic (exact) mass is 439 g/mol. The van der Waals surface area contributed by atoms with Crippen molar-refractivity contribution in [3.05, 3.63) is 89.8 Å². The minimum absolute atomic E-state index is 0.226. The lowest BCUT2D eigenvalue weighted by Crippen LogP contribution is -2.23. The van der Waals surface area contributed by atoms with E-state index in [2.05, 4.69) is 34.7 Å². The van der Waals surface area contributed by atoms with Crippen molar-refractivity contribution in [2.45, 2.75) is 22.7 Å². The van der Waals surface area contributed by atoms with Crippen molar-refractivity contribution in [1.82, 2.24) is 9.78 Å². The number of halogens is 3. The third-order valence-corrected chi connectivity index (χ3v) is 7.10. The standard InChI is InChI=1S/C24H20F3N3S/c1-28-18-7-9-19(10-8-18)30-20(14-23(29-30)24(25,26)27)15-6-11-22-17(12-15)13-16-4-2-3-5-21(16)31-22/h2-12,14,17,22,28H,13H2,1H3. The second-order valence-corrected chi connectivity index (χ2v) is 8.88. The number of allylic oxidation sites excluding steroid dienone is 3. The molecule has 0 bridgehead atoms. The van der Waals surface area contributed by atoms with Crippen molar-refractivity contribution in [2.75, 3.05) is 12.4 Å². The molecular formula is C24H20F3N3S. The normalized spacial score (nSPS) is 20.1. The summed E-state index contributed by atoms with van der Waals surface area (Å²) >= 11 is 1.81. The predicted octanol–water partition coefficient (Wildman–Crippen LogP) is 6.22. The third kappa shape index (κ3) is 3.78. The van der Waals surface area contributed by atoms with E-state index in [0.717, 1.165) is 23.7 Å². The van der Waals surface area contributed by atoms with E-state index in [0.29, 0.717) is 11.4 Å². The van der Waals surface area contributed by atoms with Gasteiger partial charge in [-0.05, 0) is 59.9 Å². The highest BCUT2D eigenvalue weighted by molar-refractivity contribution is 8.00. The molecule has 0 amide bonds. The molecule has 31 heavy (non-hydrogen) atoms. The Bertz CT molecular complexity index is 1180. The second kappa shape index (κ2) is 7.64. The summed E-state index contributed by atoms with van der Waals surface area (Å²) in [6, 6.07) is 16.7. The van der Waals surface area contributed by atoms with Crippen LogP contribution in [0.15, 0.2) is 77.7 Å². The largest absolute Gasteiger partial charge is 0.435 e. The zero-order valence-electron chi connectivity index (χ0n) is 16.7. The molecule has 3 nitrogen and oxygen atoms in total. The molecule has 1 aliphatic carbocycles. The van der Waals surface area contributed by atoms with Gasteiger partial charge in [-0.25, -0.2) is 4.68 Å². The molecule has 1 aromatic heterocycles. The number of alkyl halides is 3. The molecule has 158 valence electrons. The van der Waals surface area contributed by atoms with Crippen LogP contribution in [0.1, 0.15) is 17.0 Å². The van der Waals surface area contributed by atoms with Gasteiger partial charge in [-0.15, -0.1) is 11.8 Å². The first-order valence-corrected chi connectivity index (χ1v) is 10.9. The molecule has 0 spiro atoms. The molecule has 2 atom stereocenters. The maximum absolute atomic E-state index is 13.5. The van der Waals surface area contributed by atoms with Crippen LogP contribution in [0.4, 0.5) is 18.9 Å². The molecule has 0 fully saturated rings.